The number of rotatable bonds is 9. The van der Waals surface area contributed by atoms with Crippen LogP contribution in [0.1, 0.15) is 48.9 Å². The van der Waals surface area contributed by atoms with Gasteiger partial charge in [-0.05, 0) is 47.9 Å². The molecule has 0 saturated heterocycles. The molecule has 0 aliphatic rings. The van der Waals surface area contributed by atoms with E-state index in [4.69, 9.17) is 9.72 Å². The highest BCUT2D eigenvalue weighted by molar-refractivity contribution is 5.98. The number of para-hydroxylation sites is 1. The van der Waals surface area contributed by atoms with E-state index in [9.17, 15) is 9.59 Å². The van der Waals surface area contributed by atoms with Crippen molar-refractivity contribution in [2.45, 2.75) is 39.3 Å². The summed E-state index contributed by atoms with van der Waals surface area (Å²) < 4.78 is 6.96. The van der Waals surface area contributed by atoms with Crippen LogP contribution in [-0.2, 0) is 11.3 Å². The van der Waals surface area contributed by atoms with Crippen molar-refractivity contribution in [3.63, 3.8) is 0 Å². The van der Waals surface area contributed by atoms with E-state index in [1.807, 2.05) is 72.5 Å². The summed E-state index contributed by atoms with van der Waals surface area (Å²) in [6, 6.07) is 20.9. The summed E-state index contributed by atoms with van der Waals surface area (Å²) >= 11 is 0. The van der Waals surface area contributed by atoms with Crippen molar-refractivity contribution >= 4 is 27.6 Å². The van der Waals surface area contributed by atoms with Crippen LogP contribution in [-0.4, -0.2) is 40.6 Å². The van der Waals surface area contributed by atoms with Crippen molar-refractivity contribution in [2.75, 3.05) is 20.3 Å². The topological polar surface area (TPSA) is 64.4 Å². The maximum Gasteiger partial charge on any atom is 0.261 e. The van der Waals surface area contributed by atoms with E-state index in [2.05, 4.69) is 6.92 Å². The fourth-order valence-electron chi connectivity index (χ4n) is 4.51. The van der Waals surface area contributed by atoms with E-state index in [1.54, 1.807) is 17.7 Å². The van der Waals surface area contributed by atoms with E-state index in [0.29, 0.717) is 48.4 Å². The lowest BCUT2D eigenvalue weighted by molar-refractivity contribution is 0.0654. The van der Waals surface area contributed by atoms with Crippen LogP contribution >= 0.6 is 0 Å². The first-order chi connectivity index (χ1) is 16.6. The molecule has 1 unspecified atom stereocenters. The van der Waals surface area contributed by atoms with Gasteiger partial charge in [0, 0.05) is 19.2 Å². The average Bonchev–Trinajstić information content (AvgIpc) is 2.87. The minimum atomic E-state index is -0.340. The van der Waals surface area contributed by atoms with Crippen LogP contribution in [0, 0.1) is 0 Å². The number of aromatic nitrogens is 2. The third-order valence-electron chi connectivity index (χ3n) is 6.19. The molecule has 0 spiro atoms. The van der Waals surface area contributed by atoms with Crippen LogP contribution in [0.5, 0.6) is 0 Å². The molecule has 176 valence electrons. The Kier molecular flexibility index (Phi) is 7.38. The zero-order valence-electron chi connectivity index (χ0n) is 20.0. The molecule has 6 heteroatoms. The van der Waals surface area contributed by atoms with Crippen molar-refractivity contribution in [3.8, 4) is 0 Å². The summed E-state index contributed by atoms with van der Waals surface area (Å²) in [5.74, 6) is 0.547. The van der Waals surface area contributed by atoms with Gasteiger partial charge in [0.2, 0.25) is 0 Å². The summed E-state index contributed by atoms with van der Waals surface area (Å²) in [6.07, 6.45) is 1.43. The van der Waals surface area contributed by atoms with Crippen molar-refractivity contribution in [2.24, 2.45) is 0 Å². The van der Waals surface area contributed by atoms with Gasteiger partial charge in [-0.3, -0.25) is 14.2 Å². The number of methoxy groups -OCH3 is 1. The SMILES string of the molecule is CCCN(C(=O)c1ccc2ccccc2c1)C(CC)c1nc2ccccc2c(=O)n1CCOC. The quantitative estimate of drug-likeness (QED) is 0.347. The maximum absolute atomic E-state index is 13.8. The summed E-state index contributed by atoms with van der Waals surface area (Å²) in [6.45, 7) is 5.41. The second-order valence-electron chi connectivity index (χ2n) is 8.42. The van der Waals surface area contributed by atoms with E-state index in [-0.39, 0.29) is 17.5 Å². The number of carbonyl (C=O) groups is 1. The third-order valence-corrected chi connectivity index (χ3v) is 6.19. The summed E-state index contributed by atoms with van der Waals surface area (Å²) in [5.41, 5.74) is 1.17. The predicted molar refractivity (Wildman–Crippen MR) is 136 cm³/mol. The van der Waals surface area contributed by atoms with Gasteiger partial charge in [-0.15, -0.1) is 0 Å². The van der Waals surface area contributed by atoms with E-state index < -0.39 is 0 Å². The fourth-order valence-corrected chi connectivity index (χ4v) is 4.51. The predicted octanol–water partition coefficient (Wildman–Crippen LogP) is 5.20. The molecule has 1 amide bonds. The van der Waals surface area contributed by atoms with E-state index in [0.717, 1.165) is 17.2 Å². The van der Waals surface area contributed by atoms with Gasteiger partial charge in [-0.2, -0.15) is 0 Å². The van der Waals surface area contributed by atoms with E-state index >= 15 is 0 Å². The largest absolute Gasteiger partial charge is 0.383 e. The number of nitrogens with zero attached hydrogens (tertiary/aromatic N) is 3. The van der Waals surface area contributed by atoms with Crippen LogP contribution in [0.2, 0.25) is 0 Å². The molecule has 6 nitrogen and oxygen atoms in total. The molecule has 0 fully saturated rings. The van der Waals surface area contributed by atoms with Gasteiger partial charge in [-0.25, -0.2) is 4.98 Å². The number of amides is 1. The van der Waals surface area contributed by atoms with Crippen molar-refractivity contribution < 1.29 is 9.53 Å². The van der Waals surface area contributed by atoms with E-state index in [1.165, 1.54) is 0 Å². The molecule has 34 heavy (non-hydrogen) atoms. The molecule has 0 radical (unpaired) electrons. The number of ether oxygens (including phenoxy) is 1. The van der Waals surface area contributed by atoms with Crippen molar-refractivity contribution in [1.29, 1.82) is 0 Å². The molecule has 3 aromatic carbocycles. The van der Waals surface area contributed by atoms with Gasteiger partial charge >= 0.3 is 0 Å². The minimum Gasteiger partial charge on any atom is -0.383 e. The number of carbonyl (C=O) groups excluding carboxylic acids is 1. The minimum absolute atomic E-state index is 0.0554. The van der Waals surface area contributed by atoms with Crippen LogP contribution < -0.4 is 5.56 Å². The first-order valence-corrected chi connectivity index (χ1v) is 11.9. The molecule has 0 aliphatic heterocycles. The second kappa shape index (κ2) is 10.6. The van der Waals surface area contributed by atoms with Gasteiger partial charge < -0.3 is 9.64 Å². The van der Waals surface area contributed by atoms with Crippen molar-refractivity contribution in [3.05, 3.63) is 88.5 Å². The Morgan fingerprint density at radius 2 is 1.76 bits per heavy atom. The van der Waals surface area contributed by atoms with Crippen LogP contribution in [0.15, 0.2) is 71.5 Å². The Balaban J connectivity index is 1.83. The highest BCUT2D eigenvalue weighted by Gasteiger charge is 2.28. The molecule has 1 atom stereocenters. The highest BCUT2D eigenvalue weighted by atomic mass is 16.5. The number of hydrogen-bond donors (Lipinski definition) is 0. The number of hydrogen-bond acceptors (Lipinski definition) is 4. The van der Waals surface area contributed by atoms with Gasteiger partial charge in [0.05, 0.1) is 30.1 Å². The molecule has 1 heterocycles. The lowest BCUT2D eigenvalue weighted by atomic mass is 10.0. The lowest BCUT2D eigenvalue weighted by Gasteiger charge is -2.32. The Labute approximate surface area is 199 Å². The number of fused-ring (bicyclic) bond motifs is 2. The highest BCUT2D eigenvalue weighted by Crippen LogP contribution is 2.27. The molecule has 0 aliphatic carbocycles. The van der Waals surface area contributed by atoms with Crippen molar-refractivity contribution in [1.82, 2.24) is 14.5 Å². The van der Waals surface area contributed by atoms with Crippen LogP contribution in [0.25, 0.3) is 21.7 Å². The normalized spacial score (nSPS) is 12.2. The monoisotopic (exact) mass is 457 g/mol. The first-order valence-electron chi connectivity index (χ1n) is 11.9. The molecular formula is C28H31N3O3. The summed E-state index contributed by atoms with van der Waals surface area (Å²) in [7, 11) is 1.61. The van der Waals surface area contributed by atoms with Gasteiger partial charge in [0.1, 0.15) is 5.82 Å². The lowest BCUT2D eigenvalue weighted by Crippen LogP contribution is -2.39. The average molecular weight is 458 g/mol. The number of benzene rings is 3. The molecule has 0 N–H and O–H groups in total. The molecule has 4 rings (SSSR count). The third kappa shape index (κ3) is 4.59. The molecule has 4 aromatic rings. The smallest absolute Gasteiger partial charge is 0.261 e. The van der Waals surface area contributed by atoms with Gasteiger partial charge in [0.25, 0.3) is 11.5 Å². The first kappa shape index (κ1) is 23.6. The molecular weight excluding hydrogens is 426 g/mol. The Morgan fingerprint density at radius 1 is 1.03 bits per heavy atom. The van der Waals surface area contributed by atoms with Gasteiger partial charge in [-0.1, -0.05) is 56.3 Å². The summed E-state index contributed by atoms with van der Waals surface area (Å²) in [4.78, 5) is 34.0. The van der Waals surface area contributed by atoms with Gasteiger partial charge in [0.15, 0.2) is 0 Å². The Morgan fingerprint density at radius 3 is 2.50 bits per heavy atom. The Bertz CT molecular complexity index is 1360. The fraction of sp³-hybridized carbons (Fsp3) is 0.321. The summed E-state index contributed by atoms with van der Waals surface area (Å²) in [5, 5.41) is 2.69. The molecule has 0 bridgehead atoms. The molecule has 0 saturated carbocycles. The maximum atomic E-state index is 13.8. The van der Waals surface area contributed by atoms with Crippen LogP contribution in [0.4, 0.5) is 0 Å². The molecule has 1 aromatic heterocycles. The second-order valence-corrected chi connectivity index (χ2v) is 8.42. The Hall–Kier alpha value is -3.51. The zero-order valence-corrected chi connectivity index (χ0v) is 20.0. The zero-order chi connectivity index (χ0) is 24.1. The van der Waals surface area contributed by atoms with Crippen LogP contribution in [0.3, 0.4) is 0 Å². The standard InChI is InChI=1S/C28H31N3O3/c1-4-16-30(27(32)22-15-14-20-10-6-7-11-21(20)19-22)25(5-2)26-29-24-13-9-8-12-23(24)28(33)31(26)17-18-34-3/h6-15,19,25H,4-5,16-18H2,1-3H3.